The molecule has 0 unspecified atom stereocenters. The fraction of sp³-hybridized carbons (Fsp3) is 0.500. The minimum absolute atomic E-state index is 0.0958. The van der Waals surface area contributed by atoms with Crippen LogP contribution in [-0.2, 0) is 4.79 Å². The molecule has 0 bridgehead atoms. The lowest BCUT2D eigenvalue weighted by Crippen LogP contribution is -2.30. The van der Waals surface area contributed by atoms with E-state index in [-0.39, 0.29) is 18.0 Å². The Morgan fingerprint density at radius 3 is 2.83 bits per heavy atom. The van der Waals surface area contributed by atoms with Crippen molar-refractivity contribution in [3.63, 3.8) is 0 Å². The van der Waals surface area contributed by atoms with Gasteiger partial charge in [0.2, 0.25) is 5.91 Å². The molecule has 1 heterocycles. The third kappa shape index (κ3) is 5.07. The van der Waals surface area contributed by atoms with Gasteiger partial charge in [-0.3, -0.25) is 4.79 Å². The molecule has 1 aromatic rings. The first-order chi connectivity index (χ1) is 11.6. The van der Waals surface area contributed by atoms with Crippen molar-refractivity contribution in [3.8, 4) is 18.1 Å². The number of benzene rings is 1. The molecular formula is C18H24N4O2. The highest BCUT2D eigenvalue weighted by atomic mass is 16.5. The summed E-state index contributed by atoms with van der Waals surface area (Å²) < 4.78 is 5.56. The van der Waals surface area contributed by atoms with Crippen LogP contribution in [0.25, 0.3) is 0 Å². The molecule has 0 saturated carbocycles. The van der Waals surface area contributed by atoms with E-state index in [1.165, 1.54) is 0 Å². The second kappa shape index (κ2) is 8.46. The van der Waals surface area contributed by atoms with Crippen LogP contribution in [0.3, 0.4) is 0 Å². The second-order valence-corrected chi connectivity index (χ2v) is 5.77. The van der Waals surface area contributed by atoms with Crippen LogP contribution >= 0.6 is 0 Å². The van der Waals surface area contributed by atoms with Gasteiger partial charge in [-0.05, 0) is 13.0 Å². The normalized spacial score (nSPS) is 15.4. The van der Waals surface area contributed by atoms with Crippen molar-refractivity contribution in [2.75, 3.05) is 13.2 Å². The standard InChI is InChI=1S/C18H24N4O2/c1-3-5-10-18(21-22-18)11-12-20-17(23)13-15(19)14-8-6-7-9-16(14)24-4-2/h1,6-9,15H,4-5,10-13,19H2,2H3,(H,20,23)/t15-/m1/s1. The second-order valence-electron chi connectivity index (χ2n) is 5.77. The summed E-state index contributed by atoms with van der Waals surface area (Å²) in [5.74, 6) is 3.22. The molecule has 6 nitrogen and oxygen atoms in total. The van der Waals surface area contributed by atoms with Crippen LogP contribution in [0.5, 0.6) is 5.75 Å². The van der Waals surface area contributed by atoms with Crippen molar-refractivity contribution in [2.45, 2.75) is 44.3 Å². The Balaban J connectivity index is 1.77. The Morgan fingerprint density at radius 1 is 1.42 bits per heavy atom. The monoisotopic (exact) mass is 328 g/mol. The Labute approximate surface area is 142 Å². The lowest BCUT2D eigenvalue weighted by molar-refractivity contribution is -0.121. The first-order valence-corrected chi connectivity index (χ1v) is 8.22. The fourth-order valence-electron chi connectivity index (χ4n) is 2.53. The third-order valence-electron chi connectivity index (χ3n) is 3.92. The molecule has 2 rings (SSSR count). The van der Waals surface area contributed by atoms with Crippen molar-refractivity contribution < 1.29 is 9.53 Å². The molecule has 0 fully saturated rings. The van der Waals surface area contributed by atoms with E-state index in [0.717, 1.165) is 17.7 Å². The maximum atomic E-state index is 12.1. The lowest BCUT2D eigenvalue weighted by atomic mass is 10.0. The molecule has 0 radical (unpaired) electrons. The van der Waals surface area contributed by atoms with E-state index < -0.39 is 6.04 Å². The van der Waals surface area contributed by atoms with Crippen LogP contribution in [0.2, 0.25) is 0 Å². The number of nitrogens with one attached hydrogen (secondary N) is 1. The molecule has 3 N–H and O–H groups in total. The molecule has 128 valence electrons. The highest BCUT2D eigenvalue weighted by molar-refractivity contribution is 5.76. The average molecular weight is 328 g/mol. The summed E-state index contributed by atoms with van der Waals surface area (Å²) in [6, 6.07) is 7.13. The highest BCUT2D eigenvalue weighted by Gasteiger charge is 2.38. The van der Waals surface area contributed by atoms with Crippen LogP contribution in [0.15, 0.2) is 34.5 Å². The summed E-state index contributed by atoms with van der Waals surface area (Å²) in [6.07, 6.45) is 7.51. The van der Waals surface area contributed by atoms with Gasteiger partial charge in [-0.25, -0.2) is 0 Å². The molecule has 0 saturated heterocycles. The van der Waals surface area contributed by atoms with E-state index in [0.29, 0.717) is 26.0 Å². The Hall–Kier alpha value is -2.39. The summed E-state index contributed by atoms with van der Waals surface area (Å²) in [4.78, 5) is 12.1. The van der Waals surface area contributed by atoms with Crippen molar-refractivity contribution in [1.82, 2.24) is 5.32 Å². The minimum atomic E-state index is -0.404. The summed E-state index contributed by atoms with van der Waals surface area (Å²) >= 11 is 0. The zero-order valence-electron chi connectivity index (χ0n) is 14.0. The topological polar surface area (TPSA) is 89.1 Å². The molecule has 1 atom stereocenters. The molecule has 24 heavy (non-hydrogen) atoms. The number of nitrogens with zero attached hydrogens (tertiary/aromatic N) is 2. The Kier molecular flexibility index (Phi) is 6.33. The van der Waals surface area contributed by atoms with Crippen molar-refractivity contribution in [2.24, 2.45) is 16.0 Å². The zero-order chi connectivity index (χ0) is 17.4. The molecule has 1 amide bonds. The minimum Gasteiger partial charge on any atom is -0.494 e. The number of carbonyl (C=O) groups excluding carboxylic acids is 1. The number of terminal acetylenes is 1. The number of amides is 1. The predicted molar refractivity (Wildman–Crippen MR) is 92.4 cm³/mol. The van der Waals surface area contributed by atoms with Gasteiger partial charge in [-0.15, -0.1) is 12.3 Å². The maximum Gasteiger partial charge on any atom is 0.221 e. The van der Waals surface area contributed by atoms with Gasteiger partial charge in [0.15, 0.2) is 5.66 Å². The predicted octanol–water partition coefficient (Wildman–Crippen LogP) is 2.56. The van der Waals surface area contributed by atoms with Gasteiger partial charge in [0.1, 0.15) is 5.75 Å². The van der Waals surface area contributed by atoms with Crippen LogP contribution in [0.1, 0.15) is 44.2 Å². The average Bonchev–Trinajstić information content (AvgIpc) is 3.34. The molecule has 0 aliphatic carbocycles. The lowest BCUT2D eigenvalue weighted by Gasteiger charge is -2.16. The number of nitrogens with two attached hydrogens (primary N) is 1. The number of para-hydroxylation sites is 1. The third-order valence-corrected chi connectivity index (χ3v) is 3.92. The molecule has 1 aliphatic rings. The first kappa shape index (κ1) is 18.0. The van der Waals surface area contributed by atoms with Gasteiger partial charge in [-0.1, -0.05) is 18.2 Å². The van der Waals surface area contributed by atoms with E-state index in [1.807, 2.05) is 31.2 Å². The quantitative estimate of drug-likeness (QED) is 0.647. The molecule has 0 spiro atoms. The summed E-state index contributed by atoms with van der Waals surface area (Å²) in [6.45, 7) is 2.98. The molecule has 1 aliphatic heterocycles. The zero-order valence-corrected chi connectivity index (χ0v) is 14.0. The molecule has 1 aromatic carbocycles. The van der Waals surface area contributed by atoms with E-state index in [9.17, 15) is 4.79 Å². The fourth-order valence-corrected chi connectivity index (χ4v) is 2.53. The van der Waals surface area contributed by atoms with Crippen LogP contribution < -0.4 is 15.8 Å². The van der Waals surface area contributed by atoms with Crippen molar-refractivity contribution in [1.29, 1.82) is 0 Å². The van der Waals surface area contributed by atoms with E-state index in [2.05, 4.69) is 21.5 Å². The molecular weight excluding hydrogens is 304 g/mol. The van der Waals surface area contributed by atoms with Gasteiger partial charge < -0.3 is 15.8 Å². The first-order valence-electron chi connectivity index (χ1n) is 8.22. The van der Waals surface area contributed by atoms with Crippen molar-refractivity contribution >= 4 is 5.91 Å². The van der Waals surface area contributed by atoms with Gasteiger partial charge in [0.25, 0.3) is 0 Å². The van der Waals surface area contributed by atoms with Gasteiger partial charge >= 0.3 is 0 Å². The summed E-state index contributed by atoms with van der Waals surface area (Å²) in [5.41, 5.74) is 6.63. The largest absolute Gasteiger partial charge is 0.494 e. The van der Waals surface area contributed by atoms with Gasteiger partial charge in [0.05, 0.1) is 6.61 Å². The van der Waals surface area contributed by atoms with Gasteiger partial charge in [-0.2, -0.15) is 10.2 Å². The van der Waals surface area contributed by atoms with Crippen molar-refractivity contribution in [3.05, 3.63) is 29.8 Å². The van der Waals surface area contributed by atoms with Crippen LogP contribution in [-0.4, -0.2) is 24.7 Å². The number of hydrogen-bond acceptors (Lipinski definition) is 5. The highest BCUT2D eigenvalue weighted by Crippen LogP contribution is 2.36. The molecule has 0 aromatic heterocycles. The smallest absolute Gasteiger partial charge is 0.221 e. The molecule has 6 heteroatoms. The summed E-state index contributed by atoms with van der Waals surface area (Å²) in [5, 5.41) is 11.0. The van der Waals surface area contributed by atoms with Crippen LogP contribution in [0, 0.1) is 12.3 Å². The van der Waals surface area contributed by atoms with Gasteiger partial charge in [0, 0.05) is 43.8 Å². The number of ether oxygens (including phenoxy) is 1. The maximum absolute atomic E-state index is 12.1. The number of rotatable bonds is 10. The Bertz CT molecular complexity index is 630. The Morgan fingerprint density at radius 2 is 2.17 bits per heavy atom. The van der Waals surface area contributed by atoms with Crippen LogP contribution in [0.4, 0.5) is 0 Å². The van der Waals surface area contributed by atoms with E-state index in [4.69, 9.17) is 16.9 Å². The number of carbonyl (C=O) groups is 1. The summed E-state index contributed by atoms with van der Waals surface area (Å²) in [7, 11) is 0. The number of hydrogen-bond donors (Lipinski definition) is 2. The van der Waals surface area contributed by atoms with E-state index in [1.54, 1.807) is 0 Å². The SMILES string of the molecule is C#CCCC1(CCNC(=O)C[C@@H](N)c2ccccc2OCC)N=N1. The van der Waals surface area contributed by atoms with E-state index >= 15 is 0 Å².